The molecule has 1 rings (SSSR count). The quantitative estimate of drug-likeness (QED) is 0.827. The van der Waals surface area contributed by atoms with Crippen molar-refractivity contribution in [1.29, 1.82) is 0 Å². The van der Waals surface area contributed by atoms with Crippen LogP contribution in [0.5, 0.6) is 17.2 Å². The molecule has 0 saturated carbocycles. The largest absolute Gasteiger partial charge is 0.496 e. The van der Waals surface area contributed by atoms with Gasteiger partial charge in [0.05, 0.1) is 24.9 Å². The fourth-order valence-corrected chi connectivity index (χ4v) is 2.61. The number of ether oxygens (including phenoxy) is 3. The first kappa shape index (κ1) is 14.4. The Balaban J connectivity index is 3.37. The van der Waals surface area contributed by atoms with E-state index in [9.17, 15) is 0 Å². The molecule has 0 amide bonds. The molecule has 96 valence electrons. The maximum absolute atomic E-state index is 5.85. The van der Waals surface area contributed by atoms with Gasteiger partial charge < -0.3 is 19.9 Å². The molecule has 2 N–H and O–H groups in total. The third-order valence-corrected chi connectivity index (χ3v) is 3.44. The van der Waals surface area contributed by atoms with Crippen LogP contribution >= 0.6 is 22.6 Å². The Hall–Kier alpha value is -0.690. The number of benzene rings is 1. The lowest BCUT2D eigenvalue weighted by molar-refractivity contribution is 0.363. The van der Waals surface area contributed by atoms with E-state index in [1.165, 1.54) is 0 Å². The van der Waals surface area contributed by atoms with Gasteiger partial charge in [0.25, 0.3) is 0 Å². The maximum Gasteiger partial charge on any atom is 0.142 e. The number of halogens is 1. The summed E-state index contributed by atoms with van der Waals surface area (Å²) in [6, 6.07) is 1.91. The van der Waals surface area contributed by atoms with E-state index in [0.717, 1.165) is 26.4 Å². The molecule has 4 nitrogen and oxygen atoms in total. The molecule has 5 heteroatoms. The Morgan fingerprint density at radius 1 is 1.18 bits per heavy atom. The number of hydrogen-bond acceptors (Lipinski definition) is 4. The van der Waals surface area contributed by atoms with Gasteiger partial charge in [-0.15, -0.1) is 0 Å². The Morgan fingerprint density at radius 3 is 2.18 bits per heavy atom. The Kier molecular flexibility index (Phi) is 5.32. The summed E-state index contributed by atoms with van der Waals surface area (Å²) in [7, 11) is 4.90. The molecule has 0 fully saturated rings. The van der Waals surface area contributed by atoms with Crippen LogP contribution in [0.4, 0.5) is 0 Å². The standard InChI is InChI=1S/C12H18INO3/c1-7(14)5-8-9(15-2)6-10(16-3)11(13)12(8)17-4/h6-7H,5,14H2,1-4H3. The second kappa shape index (κ2) is 6.30. The molecule has 0 aromatic heterocycles. The maximum atomic E-state index is 5.85. The van der Waals surface area contributed by atoms with Crippen LogP contribution < -0.4 is 19.9 Å². The molecule has 1 unspecified atom stereocenters. The van der Waals surface area contributed by atoms with Crippen molar-refractivity contribution in [1.82, 2.24) is 0 Å². The third kappa shape index (κ3) is 3.16. The number of hydrogen-bond donors (Lipinski definition) is 1. The molecule has 0 bridgehead atoms. The van der Waals surface area contributed by atoms with Crippen molar-refractivity contribution >= 4 is 22.6 Å². The van der Waals surface area contributed by atoms with E-state index in [2.05, 4.69) is 22.6 Å². The monoisotopic (exact) mass is 351 g/mol. The molecule has 1 aromatic rings. The van der Waals surface area contributed by atoms with Crippen molar-refractivity contribution in [2.75, 3.05) is 21.3 Å². The van der Waals surface area contributed by atoms with Gasteiger partial charge in [-0.25, -0.2) is 0 Å². The predicted octanol–water partition coefficient (Wildman–Crippen LogP) is 2.21. The van der Waals surface area contributed by atoms with Crippen LogP contribution in [0.15, 0.2) is 6.07 Å². The molecule has 0 heterocycles. The fourth-order valence-electron chi connectivity index (χ4n) is 1.68. The number of methoxy groups -OCH3 is 3. The van der Waals surface area contributed by atoms with E-state index in [4.69, 9.17) is 19.9 Å². The molecule has 1 atom stereocenters. The second-order valence-electron chi connectivity index (χ2n) is 3.79. The van der Waals surface area contributed by atoms with Crippen LogP contribution in [0.25, 0.3) is 0 Å². The smallest absolute Gasteiger partial charge is 0.142 e. The molecular weight excluding hydrogens is 333 g/mol. The summed E-state index contributed by atoms with van der Waals surface area (Å²) in [5.41, 5.74) is 6.83. The van der Waals surface area contributed by atoms with Gasteiger partial charge in [0.2, 0.25) is 0 Å². The molecule has 1 aromatic carbocycles. The van der Waals surface area contributed by atoms with E-state index in [1.54, 1.807) is 21.3 Å². The van der Waals surface area contributed by atoms with Gasteiger partial charge in [0.1, 0.15) is 17.2 Å². The van der Waals surface area contributed by atoms with Crippen molar-refractivity contribution in [2.45, 2.75) is 19.4 Å². The zero-order chi connectivity index (χ0) is 13.0. The minimum atomic E-state index is 0.0435. The number of nitrogens with two attached hydrogens (primary N) is 1. The van der Waals surface area contributed by atoms with Crippen LogP contribution in [0.3, 0.4) is 0 Å². The average molecular weight is 351 g/mol. The molecule has 0 aliphatic carbocycles. The number of rotatable bonds is 5. The minimum absolute atomic E-state index is 0.0435. The molecule has 17 heavy (non-hydrogen) atoms. The van der Waals surface area contributed by atoms with Crippen LogP contribution in [0.2, 0.25) is 0 Å². The van der Waals surface area contributed by atoms with Crippen LogP contribution in [0, 0.1) is 3.57 Å². The topological polar surface area (TPSA) is 53.7 Å². The first-order chi connectivity index (χ1) is 8.04. The minimum Gasteiger partial charge on any atom is -0.496 e. The van der Waals surface area contributed by atoms with Crippen molar-refractivity contribution in [3.8, 4) is 17.2 Å². The molecule has 0 saturated heterocycles. The summed E-state index contributed by atoms with van der Waals surface area (Å²) in [5.74, 6) is 2.27. The summed E-state index contributed by atoms with van der Waals surface area (Å²) < 4.78 is 17.0. The van der Waals surface area contributed by atoms with Gasteiger partial charge in [-0.05, 0) is 35.9 Å². The summed E-state index contributed by atoms with van der Waals surface area (Å²) >= 11 is 2.20. The van der Waals surface area contributed by atoms with Crippen molar-refractivity contribution in [2.24, 2.45) is 5.73 Å². The fraction of sp³-hybridized carbons (Fsp3) is 0.500. The van der Waals surface area contributed by atoms with Crippen molar-refractivity contribution in [3.63, 3.8) is 0 Å². The van der Waals surface area contributed by atoms with Gasteiger partial charge in [-0.1, -0.05) is 0 Å². The Bertz CT molecular complexity index is 394. The van der Waals surface area contributed by atoms with Crippen LogP contribution in [-0.4, -0.2) is 27.4 Å². The highest BCUT2D eigenvalue weighted by atomic mass is 127. The zero-order valence-electron chi connectivity index (χ0n) is 10.5. The van der Waals surface area contributed by atoms with Crippen LogP contribution in [0.1, 0.15) is 12.5 Å². The van der Waals surface area contributed by atoms with E-state index in [-0.39, 0.29) is 6.04 Å². The highest BCUT2D eigenvalue weighted by molar-refractivity contribution is 14.1. The van der Waals surface area contributed by atoms with Gasteiger partial charge in [0, 0.05) is 17.7 Å². The molecule has 0 aliphatic rings. The van der Waals surface area contributed by atoms with Crippen molar-refractivity contribution < 1.29 is 14.2 Å². The molecular formula is C12H18INO3. The normalized spacial score (nSPS) is 12.1. The average Bonchev–Trinajstić information content (AvgIpc) is 2.29. The predicted molar refractivity (Wildman–Crippen MR) is 76.2 cm³/mol. The molecule has 0 spiro atoms. The first-order valence-electron chi connectivity index (χ1n) is 5.28. The van der Waals surface area contributed by atoms with Gasteiger partial charge in [-0.2, -0.15) is 0 Å². The molecule has 0 radical (unpaired) electrons. The van der Waals surface area contributed by atoms with Crippen LogP contribution in [-0.2, 0) is 6.42 Å². The Labute approximate surface area is 116 Å². The third-order valence-electron chi connectivity index (χ3n) is 2.42. The lowest BCUT2D eigenvalue weighted by Crippen LogP contribution is -2.19. The van der Waals surface area contributed by atoms with Gasteiger partial charge in [-0.3, -0.25) is 0 Å². The highest BCUT2D eigenvalue weighted by Crippen LogP contribution is 2.40. The van der Waals surface area contributed by atoms with Gasteiger partial charge in [0.15, 0.2) is 0 Å². The summed E-state index contributed by atoms with van der Waals surface area (Å²) in [6.45, 7) is 1.95. The highest BCUT2D eigenvalue weighted by Gasteiger charge is 2.19. The van der Waals surface area contributed by atoms with E-state index in [0.29, 0.717) is 6.42 Å². The summed E-state index contributed by atoms with van der Waals surface area (Å²) in [6.07, 6.45) is 0.701. The Morgan fingerprint density at radius 2 is 1.76 bits per heavy atom. The first-order valence-corrected chi connectivity index (χ1v) is 6.35. The second-order valence-corrected chi connectivity index (χ2v) is 4.87. The summed E-state index contributed by atoms with van der Waals surface area (Å²) in [5, 5.41) is 0. The van der Waals surface area contributed by atoms with E-state index < -0.39 is 0 Å². The van der Waals surface area contributed by atoms with E-state index in [1.807, 2.05) is 13.0 Å². The zero-order valence-corrected chi connectivity index (χ0v) is 12.7. The van der Waals surface area contributed by atoms with E-state index >= 15 is 0 Å². The summed E-state index contributed by atoms with van der Waals surface area (Å²) in [4.78, 5) is 0. The lowest BCUT2D eigenvalue weighted by Gasteiger charge is -2.18. The van der Waals surface area contributed by atoms with Gasteiger partial charge >= 0.3 is 0 Å². The molecule has 0 aliphatic heterocycles. The SMILES string of the molecule is COc1cc(OC)c(CC(C)N)c(OC)c1I. The lowest BCUT2D eigenvalue weighted by atomic mass is 10.0. The van der Waals surface area contributed by atoms with Crippen molar-refractivity contribution in [3.05, 3.63) is 15.2 Å².